The maximum atomic E-state index is 13.2. The van der Waals surface area contributed by atoms with Gasteiger partial charge < -0.3 is 9.64 Å². The van der Waals surface area contributed by atoms with Crippen LogP contribution in [-0.4, -0.2) is 58.2 Å². The average Bonchev–Trinajstić information content (AvgIpc) is 3.66. The van der Waals surface area contributed by atoms with Crippen LogP contribution in [0.25, 0.3) is 21.3 Å². The molecule has 40 heavy (non-hydrogen) atoms. The number of thiophene rings is 1. The maximum Gasteiger partial charge on any atom is 0.263 e. The Bertz CT molecular complexity index is 1660. The minimum absolute atomic E-state index is 0.0458. The summed E-state index contributed by atoms with van der Waals surface area (Å²) in [5.74, 6) is 0.249. The fraction of sp³-hybridized carbons (Fsp3) is 0.290. The van der Waals surface area contributed by atoms with Crippen molar-refractivity contribution in [1.29, 1.82) is 0 Å². The normalized spacial score (nSPS) is 18.3. The van der Waals surface area contributed by atoms with Gasteiger partial charge in [-0.2, -0.15) is 0 Å². The number of fused-ring (bicyclic) bond motifs is 3. The molecule has 1 atom stereocenters. The highest BCUT2D eigenvalue weighted by Gasteiger charge is 2.36. The van der Waals surface area contributed by atoms with Crippen molar-refractivity contribution < 1.29 is 19.1 Å². The van der Waals surface area contributed by atoms with E-state index in [2.05, 4.69) is 4.98 Å². The minimum Gasteiger partial charge on any atom is -0.479 e. The van der Waals surface area contributed by atoms with Crippen LogP contribution in [0.4, 0.5) is 0 Å². The number of halogens is 1. The highest BCUT2D eigenvalue weighted by atomic mass is 35.5. The Hall–Kier alpha value is -3.75. The largest absolute Gasteiger partial charge is 0.479 e. The summed E-state index contributed by atoms with van der Waals surface area (Å²) in [6.45, 7) is 1.86. The second kappa shape index (κ2) is 10.0. The molecule has 0 spiro atoms. The zero-order chi connectivity index (χ0) is 27.4. The summed E-state index contributed by atoms with van der Waals surface area (Å²) in [5.41, 5.74) is 4.46. The molecular formula is C31H26ClN3O4S. The zero-order valence-electron chi connectivity index (χ0n) is 21.7. The molecule has 7 rings (SSSR count). The van der Waals surface area contributed by atoms with Crippen LogP contribution >= 0.6 is 22.9 Å². The fourth-order valence-corrected chi connectivity index (χ4v) is 7.34. The van der Waals surface area contributed by atoms with Gasteiger partial charge in [-0.25, -0.2) is 0 Å². The van der Waals surface area contributed by atoms with Crippen molar-refractivity contribution in [2.75, 3.05) is 19.6 Å². The smallest absolute Gasteiger partial charge is 0.263 e. The number of benzene rings is 2. The number of carbonyl (C=O) groups is 3. The number of aromatic nitrogens is 1. The molecule has 3 amide bonds. The quantitative estimate of drug-likeness (QED) is 0.284. The van der Waals surface area contributed by atoms with E-state index in [4.69, 9.17) is 16.3 Å². The Labute approximate surface area is 240 Å². The molecule has 1 saturated heterocycles. The van der Waals surface area contributed by atoms with E-state index in [1.165, 1.54) is 4.90 Å². The molecule has 0 saturated carbocycles. The van der Waals surface area contributed by atoms with Gasteiger partial charge >= 0.3 is 0 Å². The van der Waals surface area contributed by atoms with Crippen LogP contribution in [0.3, 0.4) is 0 Å². The number of piperidine rings is 1. The summed E-state index contributed by atoms with van der Waals surface area (Å²) in [6, 6.07) is 14.7. The number of amides is 3. The third-order valence-electron chi connectivity index (χ3n) is 7.95. The Kier molecular flexibility index (Phi) is 6.32. The number of rotatable bonds is 5. The monoisotopic (exact) mass is 571 g/mol. The Morgan fingerprint density at radius 3 is 2.48 bits per heavy atom. The molecule has 0 N–H and O–H groups in total. The number of hydrogen-bond donors (Lipinski definition) is 0. The van der Waals surface area contributed by atoms with Crippen molar-refractivity contribution >= 4 is 50.9 Å². The van der Waals surface area contributed by atoms with Crippen molar-refractivity contribution in [2.24, 2.45) is 0 Å². The van der Waals surface area contributed by atoms with Gasteiger partial charge in [0, 0.05) is 65.3 Å². The van der Waals surface area contributed by atoms with Gasteiger partial charge in [-0.15, -0.1) is 11.3 Å². The average molecular weight is 572 g/mol. The lowest BCUT2D eigenvalue weighted by atomic mass is 10.0. The number of hydrogen-bond acceptors (Lipinski definition) is 6. The second-order valence-corrected chi connectivity index (χ2v) is 12.1. The van der Waals surface area contributed by atoms with Gasteiger partial charge in [0.25, 0.3) is 17.7 Å². The molecule has 0 radical (unpaired) electrons. The van der Waals surface area contributed by atoms with Gasteiger partial charge in [0.15, 0.2) is 6.10 Å². The molecule has 9 heteroatoms. The summed E-state index contributed by atoms with van der Waals surface area (Å²) in [6.07, 6.45) is 5.48. The molecule has 202 valence electrons. The molecule has 4 aromatic rings. The van der Waals surface area contributed by atoms with Crippen LogP contribution in [0.5, 0.6) is 5.75 Å². The lowest BCUT2D eigenvalue weighted by Crippen LogP contribution is -2.43. The van der Waals surface area contributed by atoms with E-state index in [0.29, 0.717) is 41.3 Å². The first-order valence-electron chi connectivity index (χ1n) is 13.6. The number of carbonyl (C=O) groups excluding carboxylic acids is 3. The lowest BCUT2D eigenvalue weighted by molar-refractivity contribution is -0.138. The molecule has 7 nitrogen and oxygen atoms in total. The number of imide groups is 1. The van der Waals surface area contributed by atoms with Crippen LogP contribution in [0, 0.1) is 0 Å². The Morgan fingerprint density at radius 2 is 1.73 bits per heavy atom. The topological polar surface area (TPSA) is 79.8 Å². The number of pyridine rings is 1. The van der Waals surface area contributed by atoms with Crippen molar-refractivity contribution in [2.45, 2.75) is 38.2 Å². The highest BCUT2D eigenvalue weighted by Crippen LogP contribution is 2.45. The predicted molar refractivity (Wildman–Crippen MR) is 154 cm³/mol. The summed E-state index contributed by atoms with van der Waals surface area (Å²) in [7, 11) is 0. The van der Waals surface area contributed by atoms with Crippen LogP contribution in [0.1, 0.15) is 50.4 Å². The molecule has 3 aliphatic rings. The first-order valence-corrected chi connectivity index (χ1v) is 14.8. The van der Waals surface area contributed by atoms with Crippen LogP contribution < -0.4 is 4.74 Å². The summed E-state index contributed by atoms with van der Waals surface area (Å²) >= 11 is 8.15. The summed E-state index contributed by atoms with van der Waals surface area (Å²) in [4.78, 5) is 47.7. The third-order valence-corrected chi connectivity index (χ3v) is 9.39. The van der Waals surface area contributed by atoms with Crippen molar-refractivity contribution in [1.82, 2.24) is 14.8 Å². The van der Waals surface area contributed by atoms with Crippen molar-refractivity contribution in [3.8, 4) is 16.9 Å². The van der Waals surface area contributed by atoms with Crippen LogP contribution in [0.15, 0.2) is 54.7 Å². The fourth-order valence-electron chi connectivity index (χ4n) is 5.97. The van der Waals surface area contributed by atoms with Crippen LogP contribution in [0.2, 0.25) is 5.02 Å². The van der Waals surface area contributed by atoms with Crippen LogP contribution in [-0.2, 0) is 17.6 Å². The number of nitrogens with zero attached hydrogens (tertiary/aromatic N) is 3. The molecule has 2 aromatic heterocycles. The summed E-state index contributed by atoms with van der Waals surface area (Å²) < 4.78 is 7.31. The number of ether oxygens (including phenoxy) is 1. The molecular weight excluding hydrogens is 546 g/mol. The van der Waals surface area contributed by atoms with E-state index in [0.717, 1.165) is 64.1 Å². The predicted octanol–water partition coefficient (Wildman–Crippen LogP) is 5.77. The van der Waals surface area contributed by atoms with Gasteiger partial charge in [-0.05, 0) is 55.7 Å². The van der Waals surface area contributed by atoms with Gasteiger partial charge in [-0.3, -0.25) is 24.3 Å². The minimum atomic E-state index is -0.541. The lowest BCUT2D eigenvalue weighted by Gasteiger charge is -2.28. The van der Waals surface area contributed by atoms with Gasteiger partial charge in [0.05, 0.1) is 21.3 Å². The SMILES string of the molecule is O=C(C1Cc2cc(Cl)cc(-c3ccnc4cc(CCN5C(=O)c6ccccc6C5=O)sc34)c2O1)N1CCCCC1. The molecule has 0 aliphatic carbocycles. The van der Waals surface area contributed by atoms with E-state index in [1.807, 2.05) is 29.2 Å². The zero-order valence-corrected chi connectivity index (χ0v) is 23.3. The van der Waals surface area contributed by atoms with E-state index < -0.39 is 6.10 Å². The molecule has 0 bridgehead atoms. The highest BCUT2D eigenvalue weighted by molar-refractivity contribution is 7.19. The molecule has 1 fully saturated rings. The Balaban J connectivity index is 1.16. The first kappa shape index (κ1) is 25.2. The molecule has 2 aromatic carbocycles. The molecule has 1 unspecified atom stereocenters. The third kappa shape index (κ3) is 4.26. The Morgan fingerprint density at radius 1 is 0.975 bits per heavy atom. The number of likely N-dealkylation sites (tertiary alicyclic amines) is 1. The van der Waals surface area contributed by atoms with E-state index in [1.54, 1.807) is 41.8 Å². The molecule has 3 aliphatic heterocycles. The summed E-state index contributed by atoms with van der Waals surface area (Å²) in [5, 5.41) is 0.593. The molecule has 5 heterocycles. The van der Waals surface area contributed by atoms with Crippen molar-refractivity contribution in [3.63, 3.8) is 0 Å². The van der Waals surface area contributed by atoms with Crippen molar-refractivity contribution in [3.05, 3.63) is 81.3 Å². The maximum absolute atomic E-state index is 13.2. The van der Waals surface area contributed by atoms with E-state index >= 15 is 0 Å². The van der Waals surface area contributed by atoms with Gasteiger partial charge in [0.1, 0.15) is 5.75 Å². The second-order valence-electron chi connectivity index (χ2n) is 10.5. The van der Waals surface area contributed by atoms with Gasteiger partial charge in [0.2, 0.25) is 0 Å². The first-order chi connectivity index (χ1) is 19.5. The van der Waals surface area contributed by atoms with E-state index in [9.17, 15) is 14.4 Å². The van der Waals surface area contributed by atoms with E-state index in [-0.39, 0.29) is 17.7 Å². The standard InChI is InChI=1S/C31H26ClN3O4S/c32-19-14-18-15-26(31(38)34-11-4-1-5-12-34)39-27(18)24(16-19)21-8-10-33-25-17-20(40-28(21)25)9-13-35-29(36)22-6-2-3-7-23(22)30(35)37/h2-3,6-8,10,14,16-17,26H,1,4-5,9,11-13,15H2. The van der Waals surface area contributed by atoms with Gasteiger partial charge in [-0.1, -0.05) is 23.7 Å².